The number of rotatable bonds is 6. The summed E-state index contributed by atoms with van der Waals surface area (Å²) in [5.74, 6) is 0.676. The Kier molecular flexibility index (Phi) is 4.84. The molecule has 18 heavy (non-hydrogen) atoms. The molecule has 0 radical (unpaired) electrons. The van der Waals surface area contributed by atoms with Crippen LogP contribution in [0.15, 0.2) is 46.7 Å². The SMILES string of the molecule is CC(C)CNCc1ccccc1Sc1ncc[nH]1. The smallest absolute Gasteiger partial charge is 0.170 e. The first-order valence-corrected chi connectivity index (χ1v) is 7.03. The third-order valence-electron chi connectivity index (χ3n) is 2.52. The Bertz CT molecular complexity index is 466. The van der Waals surface area contributed by atoms with E-state index < -0.39 is 0 Å². The fraction of sp³-hybridized carbons (Fsp3) is 0.357. The first-order chi connectivity index (χ1) is 8.75. The lowest BCUT2D eigenvalue weighted by atomic mass is 10.2. The predicted molar refractivity (Wildman–Crippen MR) is 75.7 cm³/mol. The third kappa shape index (κ3) is 3.89. The van der Waals surface area contributed by atoms with E-state index in [9.17, 15) is 0 Å². The van der Waals surface area contributed by atoms with Gasteiger partial charge in [-0.2, -0.15) is 0 Å². The Morgan fingerprint density at radius 2 is 2.17 bits per heavy atom. The highest BCUT2D eigenvalue weighted by Crippen LogP contribution is 2.27. The van der Waals surface area contributed by atoms with Crippen LogP contribution in [0.2, 0.25) is 0 Å². The zero-order chi connectivity index (χ0) is 12.8. The molecule has 0 saturated heterocycles. The molecule has 1 aromatic heterocycles. The van der Waals surface area contributed by atoms with Gasteiger partial charge in [0.2, 0.25) is 0 Å². The molecule has 96 valence electrons. The zero-order valence-corrected chi connectivity index (χ0v) is 11.6. The van der Waals surface area contributed by atoms with Crippen molar-refractivity contribution in [1.82, 2.24) is 15.3 Å². The average molecular weight is 261 g/mol. The average Bonchev–Trinajstić information content (AvgIpc) is 2.84. The van der Waals surface area contributed by atoms with E-state index in [4.69, 9.17) is 0 Å². The Morgan fingerprint density at radius 1 is 1.33 bits per heavy atom. The summed E-state index contributed by atoms with van der Waals surface area (Å²) in [4.78, 5) is 8.62. The first kappa shape index (κ1) is 13.2. The van der Waals surface area contributed by atoms with Crippen LogP contribution in [-0.2, 0) is 6.54 Å². The number of hydrogen-bond acceptors (Lipinski definition) is 3. The van der Waals surface area contributed by atoms with Crippen molar-refractivity contribution in [2.45, 2.75) is 30.4 Å². The molecule has 0 amide bonds. The molecule has 0 spiro atoms. The maximum absolute atomic E-state index is 4.25. The number of hydrogen-bond donors (Lipinski definition) is 2. The third-order valence-corrected chi connectivity index (χ3v) is 3.56. The van der Waals surface area contributed by atoms with Crippen molar-refractivity contribution >= 4 is 11.8 Å². The molecule has 2 N–H and O–H groups in total. The Morgan fingerprint density at radius 3 is 2.89 bits per heavy atom. The monoisotopic (exact) mass is 261 g/mol. The van der Waals surface area contributed by atoms with Crippen LogP contribution in [0.5, 0.6) is 0 Å². The van der Waals surface area contributed by atoms with Crippen molar-refractivity contribution in [3.63, 3.8) is 0 Å². The molecule has 0 atom stereocenters. The van der Waals surface area contributed by atoms with Crippen LogP contribution in [0.3, 0.4) is 0 Å². The van der Waals surface area contributed by atoms with Crippen molar-refractivity contribution in [2.75, 3.05) is 6.54 Å². The van der Waals surface area contributed by atoms with Crippen LogP contribution >= 0.6 is 11.8 Å². The van der Waals surface area contributed by atoms with Gasteiger partial charge in [-0.15, -0.1) is 0 Å². The minimum atomic E-state index is 0.676. The number of aromatic nitrogens is 2. The van der Waals surface area contributed by atoms with Gasteiger partial charge in [0.1, 0.15) is 0 Å². The summed E-state index contributed by atoms with van der Waals surface area (Å²) in [6.45, 7) is 6.38. The molecule has 2 rings (SSSR count). The van der Waals surface area contributed by atoms with Gasteiger partial charge < -0.3 is 10.3 Å². The van der Waals surface area contributed by atoms with Crippen molar-refractivity contribution < 1.29 is 0 Å². The molecule has 2 aromatic rings. The second kappa shape index (κ2) is 6.61. The quantitative estimate of drug-likeness (QED) is 0.838. The van der Waals surface area contributed by atoms with E-state index in [1.165, 1.54) is 10.5 Å². The van der Waals surface area contributed by atoms with Crippen molar-refractivity contribution in [2.24, 2.45) is 5.92 Å². The lowest BCUT2D eigenvalue weighted by Crippen LogP contribution is -2.19. The molecule has 4 heteroatoms. The van der Waals surface area contributed by atoms with Crippen LogP contribution in [0, 0.1) is 5.92 Å². The molecule has 3 nitrogen and oxygen atoms in total. The lowest BCUT2D eigenvalue weighted by Gasteiger charge is -2.10. The molecule has 1 heterocycles. The van der Waals surface area contributed by atoms with Gasteiger partial charge >= 0.3 is 0 Å². The predicted octanol–water partition coefficient (Wildman–Crippen LogP) is 3.31. The second-order valence-electron chi connectivity index (χ2n) is 4.63. The van der Waals surface area contributed by atoms with Crippen LogP contribution in [0.4, 0.5) is 0 Å². The second-order valence-corrected chi connectivity index (χ2v) is 5.66. The van der Waals surface area contributed by atoms with Gasteiger partial charge in [-0.3, -0.25) is 0 Å². The molecule has 0 bridgehead atoms. The first-order valence-electron chi connectivity index (χ1n) is 6.21. The fourth-order valence-corrected chi connectivity index (χ4v) is 2.52. The summed E-state index contributed by atoms with van der Waals surface area (Å²) in [5.41, 5.74) is 1.32. The summed E-state index contributed by atoms with van der Waals surface area (Å²) < 4.78 is 0. The molecule has 0 aliphatic rings. The van der Waals surface area contributed by atoms with E-state index in [1.807, 2.05) is 6.20 Å². The van der Waals surface area contributed by atoms with Crippen LogP contribution in [0.1, 0.15) is 19.4 Å². The van der Waals surface area contributed by atoms with Crippen LogP contribution < -0.4 is 5.32 Å². The van der Waals surface area contributed by atoms with Gasteiger partial charge in [-0.1, -0.05) is 43.8 Å². The number of H-pyrrole nitrogens is 1. The molecule has 1 aromatic carbocycles. The Labute approximate surface area is 112 Å². The standard InChI is InChI=1S/C14H19N3S/c1-11(2)9-15-10-12-5-3-4-6-13(12)18-14-16-7-8-17-14/h3-8,11,15H,9-10H2,1-2H3,(H,16,17). The minimum Gasteiger partial charge on any atom is -0.339 e. The lowest BCUT2D eigenvalue weighted by molar-refractivity contribution is 0.550. The van der Waals surface area contributed by atoms with Crippen molar-refractivity contribution in [3.8, 4) is 0 Å². The van der Waals surface area contributed by atoms with Gasteiger partial charge in [-0.25, -0.2) is 4.98 Å². The van der Waals surface area contributed by atoms with Crippen molar-refractivity contribution in [3.05, 3.63) is 42.2 Å². The van der Waals surface area contributed by atoms with Crippen LogP contribution in [-0.4, -0.2) is 16.5 Å². The molecule has 0 unspecified atom stereocenters. The number of benzene rings is 1. The molecule has 0 saturated carbocycles. The van der Waals surface area contributed by atoms with E-state index in [0.29, 0.717) is 5.92 Å². The van der Waals surface area contributed by atoms with Gasteiger partial charge in [0.05, 0.1) is 0 Å². The molecule has 0 aliphatic heterocycles. The summed E-state index contributed by atoms with van der Waals surface area (Å²) in [7, 11) is 0. The highest BCUT2D eigenvalue weighted by atomic mass is 32.2. The number of nitrogens with one attached hydrogen (secondary N) is 2. The Balaban J connectivity index is 2.01. The van der Waals surface area contributed by atoms with Gasteiger partial charge in [0.15, 0.2) is 5.16 Å². The van der Waals surface area contributed by atoms with E-state index in [1.54, 1.807) is 18.0 Å². The van der Waals surface area contributed by atoms with E-state index in [2.05, 4.69) is 53.4 Å². The maximum atomic E-state index is 4.25. The summed E-state index contributed by atoms with van der Waals surface area (Å²) >= 11 is 1.67. The number of aromatic amines is 1. The number of nitrogens with zero attached hydrogens (tertiary/aromatic N) is 1. The molecule has 0 fully saturated rings. The molecular formula is C14H19N3S. The summed E-state index contributed by atoms with van der Waals surface area (Å²) in [5, 5.41) is 4.41. The molecule has 0 aliphatic carbocycles. The normalized spacial score (nSPS) is 11.1. The summed E-state index contributed by atoms with van der Waals surface area (Å²) in [6.07, 6.45) is 3.63. The van der Waals surface area contributed by atoms with Crippen LogP contribution in [0.25, 0.3) is 0 Å². The summed E-state index contributed by atoms with van der Waals surface area (Å²) in [6, 6.07) is 8.45. The largest absolute Gasteiger partial charge is 0.339 e. The van der Waals surface area contributed by atoms with E-state index in [0.717, 1.165) is 18.2 Å². The van der Waals surface area contributed by atoms with E-state index >= 15 is 0 Å². The highest BCUT2D eigenvalue weighted by Gasteiger charge is 2.05. The maximum Gasteiger partial charge on any atom is 0.170 e. The van der Waals surface area contributed by atoms with Crippen molar-refractivity contribution in [1.29, 1.82) is 0 Å². The fourth-order valence-electron chi connectivity index (χ4n) is 1.66. The van der Waals surface area contributed by atoms with E-state index in [-0.39, 0.29) is 0 Å². The van der Waals surface area contributed by atoms with Gasteiger partial charge in [-0.05, 0) is 24.1 Å². The molecular weight excluding hydrogens is 242 g/mol. The van der Waals surface area contributed by atoms with Gasteiger partial charge in [0, 0.05) is 23.8 Å². The minimum absolute atomic E-state index is 0.676. The number of imidazole rings is 1. The Hall–Kier alpha value is -1.26. The van der Waals surface area contributed by atoms with Gasteiger partial charge in [0.25, 0.3) is 0 Å². The zero-order valence-electron chi connectivity index (χ0n) is 10.8. The topological polar surface area (TPSA) is 40.7 Å². The highest BCUT2D eigenvalue weighted by molar-refractivity contribution is 7.99.